The number of nitrogens with one attached hydrogen (secondary N) is 1. The van der Waals surface area contributed by atoms with E-state index in [1.54, 1.807) is 18.2 Å². The van der Waals surface area contributed by atoms with Gasteiger partial charge in [-0.2, -0.15) is 0 Å². The van der Waals surface area contributed by atoms with Gasteiger partial charge in [0.25, 0.3) is 0 Å². The summed E-state index contributed by atoms with van der Waals surface area (Å²) < 4.78 is 31.9. The van der Waals surface area contributed by atoms with Gasteiger partial charge in [-0.15, -0.1) is 0 Å². The van der Waals surface area contributed by atoms with Crippen molar-refractivity contribution in [1.82, 2.24) is 5.32 Å². The second kappa shape index (κ2) is 6.68. The third kappa shape index (κ3) is 3.68. The molecule has 0 unspecified atom stereocenters. The van der Waals surface area contributed by atoms with Crippen molar-refractivity contribution < 1.29 is 13.5 Å². The lowest BCUT2D eigenvalue weighted by Gasteiger charge is -2.12. The Morgan fingerprint density at radius 2 is 1.90 bits per heavy atom. The van der Waals surface area contributed by atoms with E-state index >= 15 is 0 Å². The highest BCUT2D eigenvalue weighted by Crippen LogP contribution is 2.24. The molecule has 0 aromatic heterocycles. The number of halogens is 3. The van der Waals surface area contributed by atoms with E-state index < -0.39 is 11.6 Å². The van der Waals surface area contributed by atoms with Crippen molar-refractivity contribution in [3.8, 4) is 5.75 Å². The van der Waals surface area contributed by atoms with Crippen LogP contribution in [0.3, 0.4) is 0 Å². The first-order valence-electron chi connectivity index (χ1n) is 6.10. The first kappa shape index (κ1) is 14.8. The molecular formula is C15H14ClF2NO. The van der Waals surface area contributed by atoms with Gasteiger partial charge in [0, 0.05) is 28.8 Å². The zero-order valence-corrected chi connectivity index (χ0v) is 11.7. The highest BCUT2D eigenvalue weighted by molar-refractivity contribution is 6.30. The van der Waals surface area contributed by atoms with Gasteiger partial charge in [0.15, 0.2) is 0 Å². The van der Waals surface area contributed by atoms with Crippen LogP contribution in [0.5, 0.6) is 5.75 Å². The summed E-state index contributed by atoms with van der Waals surface area (Å²) in [6.07, 6.45) is 0. The molecule has 106 valence electrons. The molecule has 0 fully saturated rings. The predicted molar refractivity (Wildman–Crippen MR) is 74.9 cm³/mol. The minimum Gasteiger partial charge on any atom is -0.488 e. The Hall–Kier alpha value is -1.65. The number of hydrogen-bond acceptors (Lipinski definition) is 2. The van der Waals surface area contributed by atoms with Crippen LogP contribution >= 0.6 is 11.6 Å². The largest absolute Gasteiger partial charge is 0.488 e. The molecule has 0 saturated carbocycles. The normalized spacial score (nSPS) is 10.6. The zero-order chi connectivity index (χ0) is 14.5. The Bertz CT molecular complexity index is 604. The fourth-order valence-electron chi connectivity index (χ4n) is 1.81. The van der Waals surface area contributed by atoms with Gasteiger partial charge in [-0.25, -0.2) is 8.78 Å². The van der Waals surface area contributed by atoms with Gasteiger partial charge in [-0.1, -0.05) is 11.6 Å². The van der Waals surface area contributed by atoms with E-state index in [-0.39, 0.29) is 6.61 Å². The van der Waals surface area contributed by atoms with Gasteiger partial charge in [0.2, 0.25) is 0 Å². The van der Waals surface area contributed by atoms with E-state index in [9.17, 15) is 8.78 Å². The lowest BCUT2D eigenvalue weighted by Crippen LogP contribution is -2.08. The van der Waals surface area contributed by atoms with Crippen LogP contribution in [0.2, 0.25) is 5.02 Å². The van der Waals surface area contributed by atoms with Crippen LogP contribution in [0.4, 0.5) is 8.78 Å². The van der Waals surface area contributed by atoms with E-state index in [1.165, 1.54) is 12.1 Å². The zero-order valence-electron chi connectivity index (χ0n) is 10.9. The summed E-state index contributed by atoms with van der Waals surface area (Å²) in [4.78, 5) is 0. The smallest absolute Gasteiger partial charge is 0.132 e. The van der Waals surface area contributed by atoms with Crippen LogP contribution in [0.15, 0.2) is 36.4 Å². The van der Waals surface area contributed by atoms with E-state index in [0.29, 0.717) is 22.9 Å². The standard InChI is InChI=1S/C15H14ClF2NO/c1-19-8-11-6-12(16)3-5-15(11)20-9-10-2-4-13(17)7-14(10)18/h2-7,19H,8-9H2,1H3. The number of rotatable bonds is 5. The molecule has 0 saturated heterocycles. The fraction of sp³-hybridized carbons (Fsp3) is 0.200. The Morgan fingerprint density at radius 3 is 2.60 bits per heavy atom. The van der Waals surface area contributed by atoms with Crippen LogP contribution in [0.1, 0.15) is 11.1 Å². The predicted octanol–water partition coefficient (Wildman–Crippen LogP) is 3.92. The van der Waals surface area contributed by atoms with Gasteiger partial charge >= 0.3 is 0 Å². The first-order chi connectivity index (χ1) is 9.60. The molecule has 0 atom stereocenters. The quantitative estimate of drug-likeness (QED) is 0.903. The number of ether oxygens (including phenoxy) is 1. The molecule has 0 spiro atoms. The summed E-state index contributed by atoms with van der Waals surface area (Å²) in [7, 11) is 1.81. The molecule has 2 rings (SSSR count). The van der Waals surface area contributed by atoms with Crippen LogP contribution in [-0.2, 0) is 13.2 Å². The van der Waals surface area contributed by atoms with Crippen molar-refractivity contribution in [3.05, 3.63) is 64.2 Å². The molecule has 0 amide bonds. The van der Waals surface area contributed by atoms with Crippen molar-refractivity contribution >= 4 is 11.6 Å². The van der Waals surface area contributed by atoms with E-state index in [4.69, 9.17) is 16.3 Å². The fourth-order valence-corrected chi connectivity index (χ4v) is 2.01. The lowest BCUT2D eigenvalue weighted by atomic mass is 10.2. The van der Waals surface area contributed by atoms with Gasteiger partial charge in [0.1, 0.15) is 24.0 Å². The Balaban J connectivity index is 2.14. The molecule has 0 bridgehead atoms. The van der Waals surface area contributed by atoms with Crippen molar-refractivity contribution in [1.29, 1.82) is 0 Å². The Morgan fingerprint density at radius 1 is 1.10 bits per heavy atom. The molecule has 2 aromatic rings. The topological polar surface area (TPSA) is 21.3 Å². The molecule has 0 aliphatic carbocycles. The van der Waals surface area contributed by atoms with E-state index in [1.807, 2.05) is 7.05 Å². The maximum absolute atomic E-state index is 13.5. The molecule has 5 heteroatoms. The van der Waals surface area contributed by atoms with Crippen molar-refractivity contribution in [2.75, 3.05) is 7.05 Å². The second-order valence-electron chi connectivity index (χ2n) is 4.31. The van der Waals surface area contributed by atoms with Gasteiger partial charge in [0.05, 0.1) is 0 Å². The molecule has 2 aromatic carbocycles. The summed E-state index contributed by atoms with van der Waals surface area (Å²) in [5, 5.41) is 3.61. The summed E-state index contributed by atoms with van der Waals surface area (Å²) in [6.45, 7) is 0.617. The average molecular weight is 298 g/mol. The Kier molecular flexibility index (Phi) is 4.93. The molecule has 0 radical (unpaired) electrons. The van der Waals surface area contributed by atoms with Crippen LogP contribution in [0.25, 0.3) is 0 Å². The van der Waals surface area contributed by atoms with Crippen LogP contribution < -0.4 is 10.1 Å². The first-order valence-corrected chi connectivity index (χ1v) is 6.47. The van der Waals surface area contributed by atoms with E-state index in [2.05, 4.69) is 5.32 Å². The van der Waals surface area contributed by atoms with Gasteiger partial charge in [-0.3, -0.25) is 0 Å². The molecule has 20 heavy (non-hydrogen) atoms. The molecule has 0 heterocycles. The third-order valence-corrected chi connectivity index (χ3v) is 3.02. The summed E-state index contributed by atoms with van der Waals surface area (Å²) in [5.41, 5.74) is 1.18. The minimum absolute atomic E-state index is 0.0322. The molecule has 0 aliphatic rings. The Labute approximate surface area is 121 Å². The number of hydrogen-bond donors (Lipinski definition) is 1. The SMILES string of the molecule is CNCc1cc(Cl)ccc1OCc1ccc(F)cc1F. The summed E-state index contributed by atoms with van der Waals surface area (Å²) >= 11 is 5.93. The summed E-state index contributed by atoms with van der Waals surface area (Å²) in [5.74, 6) is -0.602. The van der Waals surface area contributed by atoms with Crippen LogP contribution in [0, 0.1) is 11.6 Å². The van der Waals surface area contributed by atoms with E-state index in [0.717, 1.165) is 11.6 Å². The maximum atomic E-state index is 13.5. The van der Waals surface area contributed by atoms with Gasteiger partial charge in [-0.05, 0) is 37.4 Å². The second-order valence-corrected chi connectivity index (χ2v) is 4.74. The highest BCUT2D eigenvalue weighted by atomic mass is 35.5. The maximum Gasteiger partial charge on any atom is 0.132 e. The monoisotopic (exact) mass is 297 g/mol. The third-order valence-electron chi connectivity index (χ3n) is 2.79. The highest BCUT2D eigenvalue weighted by Gasteiger charge is 2.08. The molecular weight excluding hydrogens is 284 g/mol. The number of benzene rings is 2. The summed E-state index contributed by atoms with van der Waals surface area (Å²) in [6, 6.07) is 8.65. The molecule has 0 aliphatic heterocycles. The average Bonchev–Trinajstić information content (AvgIpc) is 2.40. The van der Waals surface area contributed by atoms with Gasteiger partial charge < -0.3 is 10.1 Å². The van der Waals surface area contributed by atoms with Crippen molar-refractivity contribution in [2.24, 2.45) is 0 Å². The van der Waals surface area contributed by atoms with Crippen molar-refractivity contribution in [2.45, 2.75) is 13.2 Å². The van der Waals surface area contributed by atoms with Crippen molar-refractivity contribution in [3.63, 3.8) is 0 Å². The molecule has 1 N–H and O–H groups in total. The minimum atomic E-state index is -0.617. The lowest BCUT2D eigenvalue weighted by molar-refractivity contribution is 0.296. The van der Waals surface area contributed by atoms with Crippen LogP contribution in [-0.4, -0.2) is 7.05 Å². The molecule has 2 nitrogen and oxygen atoms in total.